The minimum Gasteiger partial charge on any atom is -0.497 e. The summed E-state index contributed by atoms with van der Waals surface area (Å²) < 4.78 is 5.80. The molecule has 8 heteroatoms. The summed E-state index contributed by atoms with van der Waals surface area (Å²) in [5.74, 6) is -0.582. The molecule has 1 heterocycles. The van der Waals surface area contributed by atoms with Crippen molar-refractivity contribution in [2.24, 2.45) is 0 Å². The van der Waals surface area contributed by atoms with Crippen molar-refractivity contribution in [3.63, 3.8) is 0 Å². The van der Waals surface area contributed by atoms with Gasteiger partial charge in [-0.1, -0.05) is 0 Å². The molecule has 116 valence electrons. The molecule has 0 fully saturated rings. The Morgan fingerprint density at radius 1 is 1.36 bits per heavy atom. The molecule has 0 saturated carbocycles. The quantitative estimate of drug-likeness (QED) is 0.789. The Morgan fingerprint density at radius 2 is 2.05 bits per heavy atom. The fourth-order valence-electron chi connectivity index (χ4n) is 1.94. The molecule has 0 amide bonds. The Kier molecular flexibility index (Phi) is 4.84. The maximum atomic E-state index is 12.0. The zero-order chi connectivity index (χ0) is 16.1. The van der Waals surface area contributed by atoms with Gasteiger partial charge in [0.2, 0.25) is 0 Å². The van der Waals surface area contributed by atoms with Gasteiger partial charge in [0.15, 0.2) is 6.04 Å². The third-order valence-electron chi connectivity index (χ3n) is 3.09. The first-order valence-electron chi connectivity index (χ1n) is 6.50. The van der Waals surface area contributed by atoms with Gasteiger partial charge in [-0.05, 0) is 24.3 Å². The van der Waals surface area contributed by atoms with Gasteiger partial charge in [0, 0.05) is 18.6 Å². The highest BCUT2D eigenvalue weighted by Crippen LogP contribution is 2.19. The second-order valence-electron chi connectivity index (χ2n) is 4.46. The van der Waals surface area contributed by atoms with Crippen LogP contribution in [0.4, 0.5) is 0 Å². The molecule has 1 aromatic heterocycles. The number of aromatic nitrogens is 3. The number of aliphatic carboxylic acids is 1. The Balaban J connectivity index is 2.36. The Labute approximate surface area is 125 Å². The summed E-state index contributed by atoms with van der Waals surface area (Å²) in [5, 5.41) is 21.8. The van der Waals surface area contributed by atoms with Crippen molar-refractivity contribution < 1.29 is 19.7 Å². The number of methoxy groups -OCH3 is 1. The smallest absolute Gasteiger partial charge is 0.365 e. The number of aliphatic hydroxyl groups excluding tert-OH is 1. The van der Waals surface area contributed by atoms with Crippen molar-refractivity contribution in [1.82, 2.24) is 14.8 Å². The first-order valence-corrected chi connectivity index (χ1v) is 6.50. The summed E-state index contributed by atoms with van der Waals surface area (Å²) in [5.41, 5.74) is 0.206. The summed E-state index contributed by atoms with van der Waals surface area (Å²) in [4.78, 5) is 26.9. The fourth-order valence-corrected chi connectivity index (χ4v) is 1.94. The number of carboxylic acids is 1. The van der Waals surface area contributed by atoms with Crippen molar-refractivity contribution in [3.8, 4) is 17.0 Å². The van der Waals surface area contributed by atoms with Crippen LogP contribution in [-0.4, -0.2) is 44.7 Å². The zero-order valence-electron chi connectivity index (χ0n) is 11.8. The zero-order valence-corrected chi connectivity index (χ0v) is 11.8. The number of hydrogen-bond donors (Lipinski definition) is 2. The predicted molar refractivity (Wildman–Crippen MR) is 76.7 cm³/mol. The molecule has 1 atom stereocenters. The van der Waals surface area contributed by atoms with Gasteiger partial charge in [0.25, 0.3) is 0 Å². The first kappa shape index (κ1) is 15.6. The Bertz CT molecular complexity index is 711. The van der Waals surface area contributed by atoms with Crippen LogP contribution in [0.3, 0.4) is 0 Å². The lowest BCUT2D eigenvalue weighted by molar-refractivity contribution is -0.141. The van der Waals surface area contributed by atoms with Crippen molar-refractivity contribution >= 4 is 5.97 Å². The monoisotopic (exact) mass is 305 g/mol. The topological polar surface area (TPSA) is 115 Å². The van der Waals surface area contributed by atoms with E-state index in [2.05, 4.69) is 10.1 Å². The van der Waals surface area contributed by atoms with Crippen LogP contribution in [0.1, 0.15) is 12.5 Å². The van der Waals surface area contributed by atoms with E-state index in [9.17, 15) is 9.59 Å². The van der Waals surface area contributed by atoms with Crippen molar-refractivity contribution in [2.45, 2.75) is 12.5 Å². The van der Waals surface area contributed by atoms with Crippen molar-refractivity contribution in [3.05, 3.63) is 40.9 Å². The van der Waals surface area contributed by atoms with Crippen LogP contribution in [0.25, 0.3) is 11.3 Å². The highest BCUT2D eigenvalue weighted by atomic mass is 16.5. The SMILES string of the molecule is COc1ccc(-c2cnn(C(CCO)C(=O)O)c(=O)n2)cc1. The fraction of sp³-hybridized carbons (Fsp3) is 0.286. The molecule has 0 aliphatic rings. The second kappa shape index (κ2) is 6.81. The van der Waals surface area contributed by atoms with E-state index in [1.807, 2.05) is 0 Å². The molecular weight excluding hydrogens is 290 g/mol. The third-order valence-corrected chi connectivity index (χ3v) is 3.09. The van der Waals surface area contributed by atoms with Crippen molar-refractivity contribution in [2.75, 3.05) is 13.7 Å². The van der Waals surface area contributed by atoms with Crippen LogP contribution in [0, 0.1) is 0 Å². The van der Waals surface area contributed by atoms with Crippen LogP contribution >= 0.6 is 0 Å². The molecular formula is C14H15N3O5. The molecule has 1 aromatic carbocycles. The highest BCUT2D eigenvalue weighted by Gasteiger charge is 2.22. The maximum Gasteiger partial charge on any atom is 0.365 e. The normalized spacial score (nSPS) is 11.9. The molecule has 2 N–H and O–H groups in total. The maximum absolute atomic E-state index is 12.0. The minimum absolute atomic E-state index is 0.119. The Morgan fingerprint density at radius 3 is 2.55 bits per heavy atom. The molecule has 22 heavy (non-hydrogen) atoms. The molecule has 0 aliphatic carbocycles. The average molecular weight is 305 g/mol. The van der Waals surface area contributed by atoms with Gasteiger partial charge in [-0.15, -0.1) is 0 Å². The van der Waals surface area contributed by atoms with Crippen molar-refractivity contribution in [1.29, 1.82) is 0 Å². The molecule has 2 aromatic rings. The Hall–Kier alpha value is -2.74. The van der Waals surface area contributed by atoms with E-state index >= 15 is 0 Å². The lowest BCUT2D eigenvalue weighted by Gasteiger charge is -2.12. The van der Waals surface area contributed by atoms with Crippen LogP contribution in [0.15, 0.2) is 35.3 Å². The van der Waals surface area contributed by atoms with E-state index in [0.29, 0.717) is 17.0 Å². The average Bonchev–Trinajstić information content (AvgIpc) is 2.53. The number of nitrogens with zero attached hydrogens (tertiary/aromatic N) is 3. The van der Waals surface area contributed by atoms with E-state index in [0.717, 1.165) is 4.68 Å². The number of carbonyl (C=O) groups is 1. The van der Waals surface area contributed by atoms with E-state index < -0.39 is 17.7 Å². The summed E-state index contributed by atoms with van der Waals surface area (Å²) in [6, 6.07) is 5.63. The second-order valence-corrected chi connectivity index (χ2v) is 4.46. The molecule has 0 aliphatic heterocycles. The minimum atomic E-state index is -1.25. The van der Waals surface area contributed by atoms with Crippen LogP contribution in [0.5, 0.6) is 5.75 Å². The molecule has 8 nitrogen and oxygen atoms in total. The number of carboxylic acid groups (broad SMARTS) is 1. The molecule has 0 bridgehead atoms. The molecule has 0 saturated heterocycles. The van der Waals surface area contributed by atoms with Crippen LogP contribution in [-0.2, 0) is 4.79 Å². The standard InChI is InChI=1S/C14H15N3O5/c1-22-10-4-2-9(3-5-10)11-8-15-17(14(21)16-11)12(6-7-18)13(19)20/h2-5,8,12,18H,6-7H2,1H3,(H,19,20). The van der Waals surface area contributed by atoms with Gasteiger partial charge in [-0.3, -0.25) is 0 Å². The molecule has 2 rings (SSSR count). The van der Waals surface area contributed by atoms with Gasteiger partial charge < -0.3 is 14.9 Å². The van der Waals surface area contributed by atoms with Gasteiger partial charge >= 0.3 is 11.7 Å². The summed E-state index contributed by atoms with van der Waals surface area (Å²) in [7, 11) is 1.54. The lowest BCUT2D eigenvalue weighted by atomic mass is 10.1. The number of hydrogen-bond acceptors (Lipinski definition) is 6. The largest absolute Gasteiger partial charge is 0.497 e. The van der Waals surface area contributed by atoms with E-state index in [-0.39, 0.29) is 13.0 Å². The van der Waals surface area contributed by atoms with E-state index in [1.165, 1.54) is 6.20 Å². The summed E-state index contributed by atoms with van der Waals surface area (Å²) in [6.45, 7) is -0.370. The summed E-state index contributed by atoms with van der Waals surface area (Å²) in [6.07, 6.45) is 1.20. The lowest BCUT2D eigenvalue weighted by Crippen LogP contribution is -2.34. The molecule has 0 spiro atoms. The third kappa shape index (κ3) is 3.29. The van der Waals surface area contributed by atoms with Gasteiger partial charge in [-0.2, -0.15) is 14.8 Å². The van der Waals surface area contributed by atoms with Crippen LogP contribution in [0.2, 0.25) is 0 Å². The first-order chi connectivity index (χ1) is 10.6. The number of ether oxygens (including phenoxy) is 1. The molecule has 0 radical (unpaired) electrons. The highest BCUT2D eigenvalue weighted by molar-refractivity contribution is 5.71. The van der Waals surface area contributed by atoms with E-state index in [4.69, 9.17) is 14.9 Å². The molecule has 1 unspecified atom stereocenters. The number of aliphatic hydroxyl groups is 1. The van der Waals surface area contributed by atoms with Gasteiger partial charge in [-0.25, -0.2) is 9.59 Å². The van der Waals surface area contributed by atoms with Gasteiger partial charge in [0.1, 0.15) is 5.75 Å². The number of benzene rings is 1. The summed E-state index contributed by atoms with van der Waals surface area (Å²) >= 11 is 0. The number of rotatable bonds is 6. The van der Waals surface area contributed by atoms with E-state index in [1.54, 1.807) is 31.4 Å². The van der Waals surface area contributed by atoms with Gasteiger partial charge in [0.05, 0.1) is 19.0 Å². The van der Waals surface area contributed by atoms with Crippen LogP contribution < -0.4 is 10.4 Å². The predicted octanol–water partition coefficient (Wildman–Crippen LogP) is 0.322.